The summed E-state index contributed by atoms with van der Waals surface area (Å²) >= 11 is 0. The van der Waals surface area contributed by atoms with Crippen molar-refractivity contribution in [1.82, 2.24) is 14.8 Å². The Morgan fingerprint density at radius 2 is 2.35 bits per heavy atom. The molecule has 3 atom stereocenters. The van der Waals surface area contributed by atoms with E-state index in [-0.39, 0.29) is 11.5 Å². The molecule has 0 bridgehead atoms. The number of carbonyl (C=O) groups excluding carboxylic acids is 1. The van der Waals surface area contributed by atoms with Gasteiger partial charge >= 0.3 is 0 Å². The first-order chi connectivity index (χ1) is 9.64. The molecule has 1 aromatic heterocycles. The topological polar surface area (TPSA) is 47.8 Å². The van der Waals surface area contributed by atoms with Crippen molar-refractivity contribution in [3.8, 4) is 0 Å². The third-order valence-corrected chi connectivity index (χ3v) is 4.05. The van der Waals surface area contributed by atoms with Gasteiger partial charge in [0.2, 0.25) is 0 Å². The summed E-state index contributed by atoms with van der Waals surface area (Å²) in [6, 6.07) is -0.0421. The van der Waals surface area contributed by atoms with Crippen LogP contribution in [0.25, 0.3) is 6.08 Å². The molecule has 20 heavy (non-hydrogen) atoms. The van der Waals surface area contributed by atoms with Gasteiger partial charge in [0.25, 0.3) is 0 Å². The second-order valence-corrected chi connectivity index (χ2v) is 5.48. The third kappa shape index (κ3) is 2.03. The largest absolute Gasteiger partial charge is 0.299 e. The summed E-state index contributed by atoms with van der Waals surface area (Å²) in [6.07, 6.45) is 11.9. The molecule has 0 radical (unpaired) electrons. The smallest absolute Gasteiger partial charge is 0.174 e. The molecular formula is C15H16FN3O. The Morgan fingerprint density at radius 3 is 3.05 bits per heavy atom. The second kappa shape index (κ2) is 4.81. The molecule has 0 amide bonds. The summed E-state index contributed by atoms with van der Waals surface area (Å²) in [4.78, 5) is 14.5. The number of rotatable bonds is 3. The molecule has 0 aromatic carbocycles. The van der Waals surface area contributed by atoms with Crippen LogP contribution in [0, 0.1) is 5.41 Å². The van der Waals surface area contributed by atoms with Gasteiger partial charge in [-0.15, -0.1) is 0 Å². The number of hydrogen-bond donors (Lipinski definition) is 0. The van der Waals surface area contributed by atoms with E-state index in [4.69, 9.17) is 0 Å². The molecule has 0 fully saturated rings. The van der Waals surface area contributed by atoms with E-state index in [0.717, 1.165) is 6.42 Å². The van der Waals surface area contributed by atoms with Gasteiger partial charge in [-0.05, 0) is 18.6 Å². The maximum atomic E-state index is 14.2. The molecule has 1 aliphatic carbocycles. The fraction of sp³-hybridized carbons (Fsp3) is 0.400. The van der Waals surface area contributed by atoms with E-state index in [9.17, 15) is 9.18 Å². The average molecular weight is 273 g/mol. The molecule has 3 rings (SSSR count). The number of aromatic nitrogens is 3. The third-order valence-electron chi connectivity index (χ3n) is 4.05. The highest BCUT2D eigenvalue weighted by Crippen LogP contribution is 2.48. The number of halogens is 1. The second-order valence-electron chi connectivity index (χ2n) is 5.48. The summed E-state index contributed by atoms with van der Waals surface area (Å²) < 4.78 is 15.9. The molecule has 1 aromatic rings. The molecule has 5 heteroatoms. The van der Waals surface area contributed by atoms with Crippen molar-refractivity contribution in [3.05, 3.63) is 42.0 Å². The van der Waals surface area contributed by atoms with Crippen LogP contribution in [-0.2, 0) is 4.79 Å². The van der Waals surface area contributed by atoms with Crippen molar-refractivity contribution in [2.75, 3.05) is 0 Å². The van der Waals surface area contributed by atoms with Crippen molar-refractivity contribution in [2.24, 2.45) is 5.41 Å². The van der Waals surface area contributed by atoms with E-state index in [1.54, 1.807) is 4.68 Å². The molecule has 1 aliphatic heterocycles. The molecule has 0 saturated carbocycles. The Labute approximate surface area is 116 Å². The van der Waals surface area contributed by atoms with E-state index >= 15 is 0 Å². The van der Waals surface area contributed by atoms with Gasteiger partial charge < -0.3 is 0 Å². The van der Waals surface area contributed by atoms with Crippen molar-refractivity contribution >= 4 is 12.4 Å². The first-order valence-electron chi connectivity index (χ1n) is 6.71. The first kappa shape index (κ1) is 13.0. The Bertz CT molecular complexity index is 617. The van der Waals surface area contributed by atoms with E-state index in [2.05, 4.69) is 29.2 Å². The van der Waals surface area contributed by atoms with Crippen LogP contribution in [0.4, 0.5) is 4.39 Å². The van der Waals surface area contributed by atoms with E-state index in [1.165, 1.54) is 12.2 Å². The maximum absolute atomic E-state index is 14.2. The number of hydrogen-bond acceptors (Lipinski definition) is 3. The van der Waals surface area contributed by atoms with Gasteiger partial charge in [-0.25, -0.2) is 14.1 Å². The van der Waals surface area contributed by atoms with Gasteiger partial charge in [0.15, 0.2) is 17.8 Å². The quantitative estimate of drug-likeness (QED) is 0.628. The molecule has 2 aliphatic rings. The number of nitrogens with zero attached hydrogens (tertiary/aromatic N) is 3. The molecular weight excluding hydrogens is 257 g/mol. The number of fused-ring (bicyclic) bond motifs is 1. The lowest BCUT2D eigenvalue weighted by molar-refractivity contribution is -0.104. The normalized spacial score (nSPS) is 31.9. The zero-order chi connectivity index (χ0) is 14.2. The lowest BCUT2D eigenvalue weighted by Gasteiger charge is -2.33. The minimum absolute atomic E-state index is 0.0421. The van der Waals surface area contributed by atoms with Crippen molar-refractivity contribution in [3.63, 3.8) is 0 Å². The summed E-state index contributed by atoms with van der Waals surface area (Å²) in [5.41, 5.74) is -0.149. The molecule has 0 spiro atoms. The molecule has 0 saturated heterocycles. The van der Waals surface area contributed by atoms with Crippen LogP contribution in [0.3, 0.4) is 0 Å². The molecule has 2 heterocycles. The summed E-state index contributed by atoms with van der Waals surface area (Å²) in [6.45, 7) is 2.11. The minimum Gasteiger partial charge on any atom is -0.299 e. The van der Waals surface area contributed by atoms with Gasteiger partial charge in [0.1, 0.15) is 6.29 Å². The summed E-state index contributed by atoms with van der Waals surface area (Å²) in [5, 5.41) is 4.34. The number of alkyl halides is 1. The highest BCUT2D eigenvalue weighted by molar-refractivity contribution is 5.72. The van der Waals surface area contributed by atoms with Gasteiger partial charge in [-0.1, -0.05) is 31.2 Å². The van der Waals surface area contributed by atoms with E-state index < -0.39 is 6.17 Å². The predicted molar refractivity (Wildman–Crippen MR) is 73.6 cm³/mol. The van der Waals surface area contributed by atoms with E-state index in [0.29, 0.717) is 24.4 Å². The molecule has 104 valence electrons. The highest BCUT2D eigenvalue weighted by Gasteiger charge is 2.43. The molecule has 4 nitrogen and oxygen atoms in total. The van der Waals surface area contributed by atoms with Crippen LogP contribution < -0.4 is 0 Å². The number of aldehydes is 1. The maximum Gasteiger partial charge on any atom is 0.174 e. The van der Waals surface area contributed by atoms with Crippen LogP contribution in [0.5, 0.6) is 0 Å². The predicted octanol–water partition coefficient (Wildman–Crippen LogP) is 2.97. The average Bonchev–Trinajstić information content (AvgIpc) is 2.98. The molecule has 0 N–H and O–H groups in total. The zero-order valence-corrected chi connectivity index (χ0v) is 11.2. The van der Waals surface area contributed by atoms with Crippen molar-refractivity contribution in [2.45, 2.75) is 32.0 Å². The fourth-order valence-corrected chi connectivity index (χ4v) is 2.93. The first-order valence-corrected chi connectivity index (χ1v) is 6.71. The van der Waals surface area contributed by atoms with E-state index in [1.807, 2.05) is 12.2 Å². The Balaban J connectivity index is 1.96. The molecule has 1 unspecified atom stereocenters. The van der Waals surface area contributed by atoms with Gasteiger partial charge in [-0.3, -0.25) is 4.79 Å². The van der Waals surface area contributed by atoms with Crippen LogP contribution in [0.2, 0.25) is 0 Å². The van der Waals surface area contributed by atoms with Crippen molar-refractivity contribution in [1.29, 1.82) is 0 Å². The summed E-state index contributed by atoms with van der Waals surface area (Å²) in [7, 11) is 0. The monoisotopic (exact) mass is 273 g/mol. The minimum atomic E-state index is -1.10. The van der Waals surface area contributed by atoms with Crippen LogP contribution in [-0.4, -0.2) is 21.1 Å². The van der Waals surface area contributed by atoms with Crippen LogP contribution >= 0.6 is 0 Å². The zero-order valence-electron chi connectivity index (χ0n) is 11.2. The van der Waals surface area contributed by atoms with Crippen molar-refractivity contribution < 1.29 is 9.18 Å². The van der Waals surface area contributed by atoms with Gasteiger partial charge in [0.05, 0.1) is 6.04 Å². The Kier molecular flexibility index (Phi) is 3.12. The van der Waals surface area contributed by atoms with Gasteiger partial charge in [0, 0.05) is 11.8 Å². The summed E-state index contributed by atoms with van der Waals surface area (Å²) in [5.74, 6) is 0.753. The van der Waals surface area contributed by atoms with Crippen LogP contribution in [0.15, 0.2) is 30.4 Å². The lowest BCUT2D eigenvalue weighted by atomic mass is 9.76. The fourth-order valence-electron chi connectivity index (χ4n) is 2.93. The van der Waals surface area contributed by atoms with Gasteiger partial charge in [-0.2, -0.15) is 5.10 Å². The Morgan fingerprint density at radius 1 is 1.50 bits per heavy atom. The highest BCUT2D eigenvalue weighted by atomic mass is 19.1. The van der Waals surface area contributed by atoms with Crippen LogP contribution in [0.1, 0.15) is 43.6 Å². The number of carbonyl (C=O) groups is 1. The SMILES string of the molecule is CC1([C@@H]2C[C@H](F)c3nc(/C=C/C=O)nn32)C=CC=CC1. The standard InChI is InChI=1S/C15H16FN3O/c1-15(7-3-2-4-8-15)12-10-11(16)14-17-13(6-5-9-20)18-19(12)14/h2-7,9,11-12H,8,10H2,1H3/b6-5+/t11-,12-,15?/m0/s1. The Hall–Kier alpha value is -2.04. The number of allylic oxidation sites excluding steroid dienone is 5. The lowest BCUT2D eigenvalue weighted by Crippen LogP contribution is -2.27.